The molecule has 1 aromatic carbocycles. The third kappa shape index (κ3) is 3.61. The topological polar surface area (TPSA) is 49.3 Å². The molecule has 0 heterocycles. The number of aliphatic hydroxyl groups excluding tert-OH is 1. The average Bonchev–Trinajstić information content (AvgIpc) is 2.82. The van der Waals surface area contributed by atoms with Gasteiger partial charge >= 0.3 is 0 Å². The van der Waals surface area contributed by atoms with E-state index in [0.29, 0.717) is 22.2 Å². The first-order chi connectivity index (χ1) is 9.52. The lowest BCUT2D eigenvalue weighted by Crippen LogP contribution is -2.32. The highest BCUT2D eigenvalue weighted by molar-refractivity contribution is 7.98. The Morgan fingerprint density at radius 2 is 2.15 bits per heavy atom. The van der Waals surface area contributed by atoms with E-state index in [1.807, 2.05) is 6.26 Å². The molecule has 0 aromatic heterocycles. The second-order valence-electron chi connectivity index (χ2n) is 4.93. The van der Waals surface area contributed by atoms with Crippen LogP contribution < -0.4 is 5.32 Å². The Balaban J connectivity index is 2.05. The molecule has 1 aliphatic rings. The van der Waals surface area contributed by atoms with Crippen molar-refractivity contribution in [2.24, 2.45) is 5.92 Å². The number of halogens is 2. The summed E-state index contributed by atoms with van der Waals surface area (Å²) in [6, 6.07) is 3.30. The van der Waals surface area contributed by atoms with E-state index in [4.69, 9.17) is 23.2 Å². The fourth-order valence-electron chi connectivity index (χ4n) is 2.43. The van der Waals surface area contributed by atoms with Crippen molar-refractivity contribution >= 4 is 40.9 Å². The lowest BCUT2D eigenvalue weighted by Gasteiger charge is -2.16. The minimum absolute atomic E-state index is 0.144. The molecule has 0 radical (unpaired) electrons. The molecule has 20 heavy (non-hydrogen) atoms. The monoisotopic (exact) mass is 333 g/mol. The molecule has 1 saturated carbocycles. The minimum atomic E-state index is -0.308. The van der Waals surface area contributed by atoms with Crippen LogP contribution in [-0.4, -0.2) is 29.9 Å². The zero-order valence-corrected chi connectivity index (χ0v) is 13.5. The van der Waals surface area contributed by atoms with Crippen molar-refractivity contribution in [3.63, 3.8) is 0 Å². The summed E-state index contributed by atoms with van der Waals surface area (Å²) in [6.07, 6.45) is 4.37. The van der Waals surface area contributed by atoms with Crippen molar-refractivity contribution in [3.05, 3.63) is 27.7 Å². The number of carbonyl (C=O) groups is 1. The van der Waals surface area contributed by atoms with Gasteiger partial charge in [-0.25, -0.2) is 0 Å². The van der Waals surface area contributed by atoms with Gasteiger partial charge in [0.25, 0.3) is 5.91 Å². The van der Waals surface area contributed by atoms with Gasteiger partial charge in [0, 0.05) is 17.4 Å². The zero-order valence-electron chi connectivity index (χ0n) is 11.2. The smallest absolute Gasteiger partial charge is 0.252 e. The highest BCUT2D eigenvalue weighted by Crippen LogP contribution is 2.31. The molecule has 0 bridgehead atoms. The number of aliphatic hydroxyl groups is 1. The van der Waals surface area contributed by atoms with Gasteiger partial charge in [0.15, 0.2) is 0 Å². The molecule has 0 saturated heterocycles. The van der Waals surface area contributed by atoms with Crippen LogP contribution in [0.1, 0.15) is 29.6 Å². The standard InChI is InChI=1S/C14H17Cl2NO2S/c1-20-13-5-9(10(15)6-11(13)16)14(19)17-7-8-3-2-4-12(8)18/h5-6,8,12,18H,2-4,7H2,1H3,(H,17,19). The van der Waals surface area contributed by atoms with Crippen LogP contribution in [0.15, 0.2) is 17.0 Å². The predicted molar refractivity (Wildman–Crippen MR) is 83.9 cm³/mol. The molecule has 2 atom stereocenters. The number of hydrogen-bond donors (Lipinski definition) is 2. The van der Waals surface area contributed by atoms with Gasteiger partial charge in [-0.1, -0.05) is 29.6 Å². The maximum atomic E-state index is 12.2. The number of rotatable bonds is 4. The first-order valence-electron chi connectivity index (χ1n) is 6.52. The number of carbonyl (C=O) groups excluding carboxylic acids is 1. The highest BCUT2D eigenvalue weighted by Gasteiger charge is 2.25. The Morgan fingerprint density at radius 1 is 1.40 bits per heavy atom. The van der Waals surface area contributed by atoms with E-state index < -0.39 is 0 Å². The molecule has 1 amide bonds. The molecular formula is C14H17Cl2NO2S. The minimum Gasteiger partial charge on any atom is -0.393 e. The Morgan fingerprint density at radius 3 is 2.75 bits per heavy atom. The van der Waals surface area contributed by atoms with Crippen molar-refractivity contribution in [2.75, 3.05) is 12.8 Å². The number of nitrogens with one attached hydrogen (secondary N) is 1. The van der Waals surface area contributed by atoms with Gasteiger partial charge in [-0.05, 0) is 31.2 Å². The predicted octanol–water partition coefficient (Wildman–Crippen LogP) is 3.61. The molecule has 2 rings (SSSR count). The van der Waals surface area contributed by atoms with E-state index in [1.165, 1.54) is 11.8 Å². The Hall–Kier alpha value is -0.420. The summed E-state index contributed by atoms with van der Waals surface area (Å²) in [5.41, 5.74) is 0.424. The Bertz CT molecular complexity index is 510. The summed E-state index contributed by atoms with van der Waals surface area (Å²) < 4.78 is 0. The molecule has 1 fully saturated rings. The van der Waals surface area contributed by atoms with Crippen molar-refractivity contribution in [3.8, 4) is 0 Å². The fourth-order valence-corrected chi connectivity index (χ4v) is 3.62. The van der Waals surface area contributed by atoms with E-state index in [9.17, 15) is 9.90 Å². The summed E-state index contributed by atoms with van der Waals surface area (Å²) in [4.78, 5) is 13.0. The van der Waals surface area contributed by atoms with Crippen LogP contribution in [0.25, 0.3) is 0 Å². The van der Waals surface area contributed by atoms with Crippen molar-refractivity contribution in [1.29, 1.82) is 0 Å². The van der Waals surface area contributed by atoms with Gasteiger partial charge in [-0.3, -0.25) is 4.79 Å². The van der Waals surface area contributed by atoms with Crippen LogP contribution >= 0.6 is 35.0 Å². The molecule has 110 valence electrons. The van der Waals surface area contributed by atoms with Crippen LogP contribution in [0.2, 0.25) is 10.0 Å². The lowest BCUT2D eigenvalue weighted by molar-refractivity contribution is 0.0917. The number of thioether (sulfide) groups is 1. The summed E-state index contributed by atoms with van der Waals surface area (Å²) in [6.45, 7) is 0.480. The summed E-state index contributed by atoms with van der Waals surface area (Å²) in [7, 11) is 0. The fraction of sp³-hybridized carbons (Fsp3) is 0.500. The summed E-state index contributed by atoms with van der Waals surface area (Å²) >= 11 is 13.6. The van der Waals surface area contributed by atoms with Crippen LogP contribution in [0.5, 0.6) is 0 Å². The molecule has 1 aliphatic carbocycles. The molecule has 6 heteroatoms. The van der Waals surface area contributed by atoms with Crippen LogP contribution in [-0.2, 0) is 0 Å². The van der Waals surface area contributed by atoms with E-state index in [0.717, 1.165) is 24.2 Å². The van der Waals surface area contributed by atoms with Crippen molar-refractivity contribution in [1.82, 2.24) is 5.32 Å². The second-order valence-corrected chi connectivity index (χ2v) is 6.60. The van der Waals surface area contributed by atoms with E-state index >= 15 is 0 Å². The summed E-state index contributed by atoms with van der Waals surface area (Å²) in [5.74, 6) is -0.0777. The Kier molecular flexibility index (Phi) is 5.61. The SMILES string of the molecule is CSc1cc(C(=O)NCC2CCCC2O)c(Cl)cc1Cl. The first-order valence-corrected chi connectivity index (χ1v) is 8.50. The maximum absolute atomic E-state index is 12.2. The maximum Gasteiger partial charge on any atom is 0.252 e. The zero-order chi connectivity index (χ0) is 14.7. The van der Waals surface area contributed by atoms with Gasteiger partial charge in [-0.15, -0.1) is 11.8 Å². The van der Waals surface area contributed by atoms with Gasteiger partial charge in [-0.2, -0.15) is 0 Å². The van der Waals surface area contributed by atoms with Crippen molar-refractivity contribution in [2.45, 2.75) is 30.3 Å². The van der Waals surface area contributed by atoms with Crippen LogP contribution in [0.3, 0.4) is 0 Å². The second kappa shape index (κ2) is 7.03. The summed E-state index contributed by atoms with van der Waals surface area (Å²) in [5, 5.41) is 13.5. The number of amides is 1. The third-order valence-electron chi connectivity index (χ3n) is 3.63. The molecule has 0 aliphatic heterocycles. The Labute approximate surface area is 133 Å². The molecule has 2 unspecified atom stereocenters. The number of hydrogen-bond acceptors (Lipinski definition) is 3. The largest absolute Gasteiger partial charge is 0.393 e. The third-order valence-corrected chi connectivity index (χ3v) is 5.14. The van der Waals surface area contributed by atoms with Crippen LogP contribution in [0.4, 0.5) is 0 Å². The molecular weight excluding hydrogens is 317 g/mol. The van der Waals surface area contributed by atoms with Gasteiger partial charge in [0.1, 0.15) is 0 Å². The lowest BCUT2D eigenvalue weighted by atomic mass is 10.1. The highest BCUT2D eigenvalue weighted by atomic mass is 35.5. The molecule has 1 aromatic rings. The molecule has 0 spiro atoms. The van der Waals surface area contributed by atoms with Gasteiger partial charge in [0.2, 0.25) is 0 Å². The van der Waals surface area contributed by atoms with E-state index in [1.54, 1.807) is 12.1 Å². The van der Waals surface area contributed by atoms with Crippen molar-refractivity contribution < 1.29 is 9.90 Å². The van der Waals surface area contributed by atoms with Crippen LogP contribution in [0, 0.1) is 5.92 Å². The van der Waals surface area contributed by atoms with Gasteiger partial charge in [0.05, 0.1) is 21.7 Å². The quantitative estimate of drug-likeness (QED) is 0.827. The first kappa shape index (κ1) is 16.0. The van der Waals surface area contributed by atoms with Gasteiger partial charge < -0.3 is 10.4 Å². The average molecular weight is 334 g/mol. The normalized spacial score (nSPS) is 22.0. The van der Waals surface area contributed by atoms with E-state index in [-0.39, 0.29) is 17.9 Å². The molecule has 3 nitrogen and oxygen atoms in total. The van der Waals surface area contributed by atoms with E-state index in [2.05, 4.69) is 5.32 Å². The molecule has 2 N–H and O–H groups in total. The number of benzene rings is 1.